The van der Waals surface area contributed by atoms with E-state index in [9.17, 15) is 4.79 Å². The Balaban J connectivity index is 2.01. The fourth-order valence-corrected chi connectivity index (χ4v) is 2.37. The van der Waals surface area contributed by atoms with Crippen LogP contribution in [0.2, 0.25) is 0 Å². The molecule has 0 saturated heterocycles. The first-order valence-corrected chi connectivity index (χ1v) is 7.64. The monoisotopic (exact) mass is 307 g/mol. The SMILES string of the molecule is Cc1cccc(C(C)C)c1NC(=O)CNc1ccc(C#N)cc1. The van der Waals surface area contributed by atoms with Gasteiger partial charge in [0.1, 0.15) is 0 Å². The molecule has 2 aromatic rings. The molecule has 1 amide bonds. The van der Waals surface area contributed by atoms with Crippen molar-refractivity contribution in [2.45, 2.75) is 26.7 Å². The molecule has 0 radical (unpaired) electrons. The topological polar surface area (TPSA) is 64.9 Å². The predicted molar refractivity (Wildman–Crippen MR) is 93.5 cm³/mol. The maximum absolute atomic E-state index is 12.2. The summed E-state index contributed by atoms with van der Waals surface area (Å²) in [6.45, 7) is 6.40. The molecule has 0 saturated carbocycles. The van der Waals surface area contributed by atoms with Gasteiger partial charge in [0.2, 0.25) is 5.91 Å². The van der Waals surface area contributed by atoms with Crippen molar-refractivity contribution in [2.24, 2.45) is 0 Å². The van der Waals surface area contributed by atoms with Gasteiger partial charge in [-0.2, -0.15) is 5.26 Å². The van der Waals surface area contributed by atoms with Gasteiger partial charge in [0, 0.05) is 11.4 Å². The molecule has 118 valence electrons. The van der Waals surface area contributed by atoms with Crippen molar-refractivity contribution < 1.29 is 4.79 Å². The third-order valence-electron chi connectivity index (χ3n) is 3.66. The number of carbonyl (C=O) groups is 1. The van der Waals surface area contributed by atoms with Crippen molar-refractivity contribution >= 4 is 17.3 Å². The number of amides is 1. The number of anilines is 2. The highest BCUT2D eigenvalue weighted by molar-refractivity contribution is 5.95. The Morgan fingerprint density at radius 3 is 2.48 bits per heavy atom. The number of nitrogens with zero attached hydrogens (tertiary/aromatic N) is 1. The van der Waals surface area contributed by atoms with Crippen LogP contribution in [-0.2, 0) is 4.79 Å². The number of carbonyl (C=O) groups excluding carboxylic acids is 1. The van der Waals surface area contributed by atoms with Crippen LogP contribution in [0.4, 0.5) is 11.4 Å². The largest absolute Gasteiger partial charge is 0.376 e. The lowest BCUT2D eigenvalue weighted by molar-refractivity contribution is -0.114. The molecular weight excluding hydrogens is 286 g/mol. The molecule has 2 rings (SSSR count). The average Bonchev–Trinajstić information content (AvgIpc) is 2.55. The Morgan fingerprint density at radius 2 is 1.87 bits per heavy atom. The van der Waals surface area contributed by atoms with Gasteiger partial charge in [0.05, 0.1) is 18.2 Å². The van der Waals surface area contributed by atoms with Gasteiger partial charge in [-0.1, -0.05) is 32.0 Å². The van der Waals surface area contributed by atoms with Crippen molar-refractivity contribution in [1.82, 2.24) is 0 Å². The van der Waals surface area contributed by atoms with Crippen LogP contribution in [0.15, 0.2) is 42.5 Å². The van der Waals surface area contributed by atoms with Crippen LogP contribution in [0.25, 0.3) is 0 Å². The summed E-state index contributed by atoms with van der Waals surface area (Å²) in [6.07, 6.45) is 0. The van der Waals surface area contributed by atoms with Gasteiger partial charge in [-0.3, -0.25) is 4.79 Å². The quantitative estimate of drug-likeness (QED) is 0.876. The van der Waals surface area contributed by atoms with E-state index in [-0.39, 0.29) is 12.5 Å². The maximum Gasteiger partial charge on any atom is 0.243 e. The van der Waals surface area contributed by atoms with E-state index in [2.05, 4.69) is 30.6 Å². The van der Waals surface area contributed by atoms with Crippen molar-refractivity contribution in [3.8, 4) is 6.07 Å². The van der Waals surface area contributed by atoms with Gasteiger partial charge in [-0.15, -0.1) is 0 Å². The first kappa shape index (κ1) is 16.6. The summed E-state index contributed by atoms with van der Waals surface area (Å²) in [7, 11) is 0. The summed E-state index contributed by atoms with van der Waals surface area (Å²) in [5, 5.41) is 14.8. The van der Waals surface area contributed by atoms with Gasteiger partial charge in [-0.25, -0.2) is 0 Å². The summed E-state index contributed by atoms with van der Waals surface area (Å²) in [4.78, 5) is 12.2. The van der Waals surface area contributed by atoms with E-state index in [4.69, 9.17) is 5.26 Å². The zero-order valence-electron chi connectivity index (χ0n) is 13.7. The third-order valence-corrected chi connectivity index (χ3v) is 3.66. The number of aryl methyl sites for hydroxylation is 1. The Morgan fingerprint density at radius 1 is 1.17 bits per heavy atom. The number of para-hydroxylation sites is 1. The van der Waals surface area contributed by atoms with Crippen molar-refractivity contribution in [1.29, 1.82) is 5.26 Å². The highest BCUT2D eigenvalue weighted by atomic mass is 16.1. The fourth-order valence-electron chi connectivity index (χ4n) is 2.37. The van der Waals surface area contributed by atoms with E-state index >= 15 is 0 Å². The third kappa shape index (κ3) is 4.33. The molecule has 0 aliphatic carbocycles. The lowest BCUT2D eigenvalue weighted by Gasteiger charge is -2.16. The Labute approximate surface area is 137 Å². The molecule has 23 heavy (non-hydrogen) atoms. The first-order chi connectivity index (χ1) is 11.0. The summed E-state index contributed by atoms with van der Waals surface area (Å²) in [6, 6.07) is 15.1. The lowest BCUT2D eigenvalue weighted by Crippen LogP contribution is -2.23. The molecule has 0 aliphatic rings. The molecule has 2 N–H and O–H groups in total. The fraction of sp³-hybridized carbons (Fsp3) is 0.263. The summed E-state index contributed by atoms with van der Waals surface area (Å²) < 4.78 is 0. The van der Waals surface area contributed by atoms with Crippen LogP contribution in [0.5, 0.6) is 0 Å². The Hall–Kier alpha value is -2.80. The molecule has 2 aromatic carbocycles. The molecule has 0 spiro atoms. The molecular formula is C19H21N3O. The van der Waals surface area contributed by atoms with E-state index in [0.29, 0.717) is 11.5 Å². The van der Waals surface area contributed by atoms with Crippen LogP contribution in [0, 0.1) is 18.3 Å². The molecule has 4 nitrogen and oxygen atoms in total. The van der Waals surface area contributed by atoms with E-state index in [1.165, 1.54) is 0 Å². The van der Waals surface area contributed by atoms with Crippen molar-refractivity contribution in [3.63, 3.8) is 0 Å². The maximum atomic E-state index is 12.2. The minimum atomic E-state index is -0.0921. The summed E-state index contributed by atoms with van der Waals surface area (Å²) in [5.41, 5.74) is 4.50. The lowest BCUT2D eigenvalue weighted by atomic mass is 9.98. The van der Waals surface area contributed by atoms with E-state index in [0.717, 1.165) is 22.5 Å². The van der Waals surface area contributed by atoms with Crippen LogP contribution >= 0.6 is 0 Å². The standard InChI is InChI=1S/C19H21N3O/c1-13(2)17-6-4-5-14(3)19(17)22-18(23)12-21-16-9-7-15(11-20)8-10-16/h4-10,13,21H,12H2,1-3H3,(H,22,23). The molecule has 0 atom stereocenters. The van der Waals surface area contributed by atoms with Crippen LogP contribution in [0.1, 0.15) is 36.5 Å². The van der Waals surface area contributed by atoms with Gasteiger partial charge < -0.3 is 10.6 Å². The second-order valence-corrected chi connectivity index (χ2v) is 5.78. The minimum Gasteiger partial charge on any atom is -0.376 e. The zero-order chi connectivity index (χ0) is 16.8. The number of nitriles is 1. The van der Waals surface area contributed by atoms with Gasteiger partial charge in [-0.05, 0) is 48.2 Å². The predicted octanol–water partition coefficient (Wildman–Crippen LogP) is 4.04. The van der Waals surface area contributed by atoms with Crippen molar-refractivity contribution in [3.05, 3.63) is 59.2 Å². The number of nitrogens with one attached hydrogen (secondary N) is 2. The summed E-state index contributed by atoms with van der Waals surface area (Å²) in [5.74, 6) is 0.252. The molecule has 0 unspecified atom stereocenters. The highest BCUT2D eigenvalue weighted by Crippen LogP contribution is 2.27. The Bertz CT molecular complexity index is 727. The second kappa shape index (κ2) is 7.46. The number of benzene rings is 2. The van der Waals surface area contributed by atoms with Crippen LogP contribution in [-0.4, -0.2) is 12.5 Å². The van der Waals surface area contributed by atoms with Gasteiger partial charge in [0.15, 0.2) is 0 Å². The van der Waals surface area contributed by atoms with Gasteiger partial charge in [0.25, 0.3) is 0 Å². The van der Waals surface area contributed by atoms with Crippen molar-refractivity contribution in [2.75, 3.05) is 17.2 Å². The first-order valence-electron chi connectivity index (χ1n) is 7.64. The molecule has 0 bridgehead atoms. The van der Waals surface area contributed by atoms with E-state index < -0.39 is 0 Å². The smallest absolute Gasteiger partial charge is 0.243 e. The molecule has 0 aliphatic heterocycles. The molecule has 0 fully saturated rings. The molecule has 0 aromatic heterocycles. The van der Waals surface area contributed by atoms with E-state index in [1.807, 2.05) is 25.1 Å². The molecule has 4 heteroatoms. The molecule has 0 heterocycles. The number of rotatable bonds is 5. The number of hydrogen-bond donors (Lipinski definition) is 2. The highest BCUT2D eigenvalue weighted by Gasteiger charge is 2.11. The van der Waals surface area contributed by atoms with Gasteiger partial charge >= 0.3 is 0 Å². The zero-order valence-corrected chi connectivity index (χ0v) is 13.7. The van der Waals surface area contributed by atoms with Crippen LogP contribution < -0.4 is 10.6 Å². The van der Waals surface area contributed by atoms with E-state index in [1.54, 1.807) is 24.3 Å². The minimum absolute atomic E-state index is 0.0921. The Kier molecular flexibility index (Phi) is 5.37. The summed E-state index contributed by atoms with van der Waals surface area (Å²) >= 11 is 0. The normalized spacial score (nSPS) is 10.2. The number of hydrogen-bond acceptors (Lipinski definition) is 3. The average molecular weight is 307 g/mol. The van der Waals surface area contributed by atoms with Crippen LogP contribution in [0.3, 0.4) is 0 Å². The second-order valence-electron chi connectivity index (χ2n) is 5.78.